The number of thiol groups is 1. The minimum atomic E-state index is -1.34. The molecule has 0 aromatic carbocycles. The third-order valence-corrected chi connectivity index (χ3v) is 1.80. The van der Waals surface area contributed by atoms with Gasteiger partial charge in [0.25, 0.3) is 0 Å². The number of hydrogen-bond donors (Lipinski definition) is 2. The van der Waals surface area contributed by atoms with Crippen molar-refractivity contribution in [3.63, 3.8) is 0 Å². The number of aromatic nitrogens is 4. The first-order chi connectivity index (χ1) is 6.11. The van der Waals surface area contributed by atoms with Gasteiger partial charge < -0.3 is 5.32 Å². The number of nitrogens with zero attached hydrogens (tertiary/aromatic N) is 4. The summed E-state index contributed by atoms with van der Waals surface area (Å²) in [5, 5.41) is 22.4. The molecule has 1 aromatic rings. The lowest BCUT2D eigenvalue weighted by Gasteiger charge is -2.06. The molecule has 1 unspecified atom stereocenters. The van der Waals surface area contributed by atoms with E-state index in [2.05, 4.69) is 33.5 Å². The summed E-state index contributed by atoms with van der Waals surface area (Å²) >= 11 is 4.11. The van der Waals surface area contributed by atoms with E-state index in [9.17, 15) is 9.90 Å². The first-order valence-electron chi connectivity index (χ1n) is 3.46. The molecular weight excluding hydrogens is 194 g/mol. The zero-order valence-corrected chi connectivity index (χ0v) is 7.73. The number of nitrogens with one attached hydrogen (secondary N) is 1. The van der Waals surface area contributed by atoms with Gasteiger partial charge in [-0.1, -0.05) is 0 Å². The second kappa shape index (κ2) is 4.08. The highest BCUT2D eigenvalue weighted by Gasteiger charge is 2.14. The van der Waals surface area contributed by atoms with Gasteiger partial charge in [-0.2, -0.15) is 12.6 Å². The molecule has 0 aliphatic rings. The van der Waals surface area contributed by atoms with Crippen molar-refractivity contribution in [2.75, 3.05) is 6.54 Å². The SMILES string of the molecule is Cn1nnnc1C(S)CNC([O])=O. The third-order valence-electron chi connectivity index (χ3n) is 1.39. The summed E-state index contributed by atoms with van der Waals surface area (Å²) in [5.41, 5.74) is 0. The molecule has 0 bridgehead atoms. The van der Waals surface area contributed by atoms with Crippen LogP contribution in [0.15, 0.2) is 0 Å². The highest BCUT2D eigenvalue weighted by Crippen LogP contribution is 2.13. The Morgan fingerprint density at radius 3 is 2.92 bits per heavy atom. The lowest BCUT2D eigenvalue weighted by molar-refractivity contribution is 0.168. The van der Waals surface area contributed by atoms with Gasteiger partial charge in [-0.15, -0.1) is 5.10 Å². The lowest BCUT2D eigenvalue weighted by atomic mass is 10.4. The molecule has 13 heavy (non-hydrogen) atoms. The maximum atomic E-state index is 10.0. The molecule has 1 radical (unpaired) electrons. The molecule has 1 aromatic heterocycles. The molecule has 8 heteroatoms. The van der Waals surface area contributed by atoms with E-state index in [1.807, 2.05) is 0 Å². The smallest absolute Gasteiger partial charge is 0.317 e. The van der Waals surface area contributed by atoms with E-state index in [0.717, 1.165) is 0 Å². The van der Waals surface area contributed by atoms with Gasteiger partial charge in [-0.05, 0) is 10.4 Å². The number of hydrogen-bond acceptors (Lipinski definition) is 5. The third kappa shape index (κ3) is 2.58. The number of tetrazole rings is 1. The van der Waals surface area contributed by atoms with E-state index in [-0.39, 0.29) is 11.8 Å². The van der Waals surface area contributed by atoms with Gasteiger partial charge in [0.1, 0.15) is 0 Å². The van der Waals surface area contributed by atoms with Gasteiger partial charge in [0.15, 0.2) is 5.82 Å². The highest BCUT2D eigenvalue weighted by atomic mass is 32.1. The molecule has 1 rings (SSSR count). The van der Waals surface area contributed by atoms with Crippen LogP contribution in [0.5, 0.6) is 0 Å². The van der Waals surface area contributed by atoms with Gasteiger partial charge in [0, 0.05) is 13.6 Å². The van der Waals surface area contributed by atoms with Crippen LogP contribution in [0.25, 0.3) is 0 Å². The van der Waals surface area contributed by atoms with Crippen molar-refractivity contribution in [3.05, 3.63) is 5.82 Å². The molecule has 0 spiro atoms. The second-order valence-electron chi connectivity index (χ2n) is 2.34. The fourth-order valence-electron chi connectivity index (χ4n) is 0.790. The van der Waals surface area contributed by atoms with E-state index < -0.39 is 6.09 Å². The van der Waals surface area contributed by atoms with Crippen LogP contribution < -0.4 is 5.32 Å². The molecule has 1 atom stereocenters. The Bertz CT molecular complexity index is 301. The Kier molecular flexibility index (Phi) is 3.07. The summed E-state index contributed by atoms with van der Waals surface area (Å²) in [6.45, 7) is 0.111. The van der Waals surface area contributed by atoms with Crippen molar-refractivity contribution < 1.29 is 9.90 Å². The Balaban J connectivity index is 2.53. The quantitative estimate of drug-likeness (QED) is 0.635. The van der Waals surface area contributed by atoms with E-state index in [0.29, 0.717) is 5.82 Å². The monoisotopic (exact) mass is 202 g/mol. The van der Waals surface area contributed by atoms with Crippen molar-refractivity contribution in [2.24, 2.45) is 7.05 Å². The number of amides is 1. The molecule has 1 heterocycles. The normalized spacial score (nSPS) is 12.5. The van der Waals surface area contributed by atoms with Crippen LogP contribution in [0.3, 0.4) is 0 Å². The Hall–Kier alpha value is -1.31. The Morgan fingerprint density at radius 1 is 1.77 bits per heavy atom. The summed E-state index contributed by atoms with van der Waals surface area (Å²) in [4.78, 5) is 10.0. The molecule has 0 saturated carbocycles. The Morgan fingerprint density at radius 2 is 2.46 bits per heavy atom. The maximum absolute atomic E-state index is 10.0. The predicted molar refractivity (Wildman–Crippen MR) is 44.6 cm³/mol. The zero-order chi connectivity index (χ0) is 9.84. The molecule has 0 aliphatic heterocycles. The highest BCUT2D eigenvalue weighted by molar-refractivity contribution is 7.80. The number of carbonyl (C=O) groups excluding carboxylic acids is 1. The number of rotatable bonds is 3. The summed E-state index contributed by atoms with van der Waals surface area (Å²) in [7, 11) is 1.65. The van der Waals surface area contributed by atoms with E-state index in [1.54, 1.807) is 7.05 Å². The van der Waals surface area contributed by atoms with E-state index in [4.69, 9.17) is 0 Å². The van der Waals surface area contributed by atoms with Gasteiger partial charge in [-0.3, -0.25) is 0 Å². The molecule has 1 amide bonds. The second-order valence-corrected chi connectivity index (χ2v) is 2.97. The van der Waals surface area contributed by atoms with Crippen molar-refractivity contribution >= 4 is 18.7 Å². The van der Waals surface area contributed by atoms with Crippen LogP contribution >= 0.6 is 12.6 Å². The van der Waals surface area contributed by atoms with Crippen molar-refractivity contribution in [2.45, 2.75) is 5.25 Å². The fraction of sp³-hybridized carbons (Fsp3) is 0.600. The lowest BCUT2D eigenvalue weighted by Crippen LogP contribution is -2.25. The zero-order valence-electron chi connectivity index (χ0n) is 6.84. The van der Waals surface area contributed by atoms with Crippen molar-refractivity contribution in [1.29, 1.82) is 0 Å². The van der Waals surface area contributed by atoms with Crippen LogP contribution in [0.2, 0.25) is 0 Å². The summed E-state index contributed by atoms with van der Waals surface area (Å²) in [5.74, 6) is 0.497. The van der Waals surface area contributed by atoms with Crippen LogP contribution in [-0.4, -0.2) is 32.8 Å². The average Bonchev–Trinajstić information content (AvgIpc) is 2.47. The van der Waals surface area contributed by atoms with Crippen LogP contribution in [0.4, 0.5) is 4.79 Å². The summed E-state index contributed by atoms with van der Waals surface area (Å²) in [6, 6.07) is 0. The predicted octanol–water partition coefficient (Wildman–Crippen LogP) is -0.679. The van der Waals surface area contributed by atoms with Crippen LogP contribution in [-0.2, 0) is 12.2 Å². The summed E-state index contributed by atoms with van der Waals surface area (Å²) < 4.78 is 1.43. The maximum Gasteiger partial charge on any atom is 0.450 e. The molecule has 1 N–H and O–H groups in total. The first-order valence-corrected chi connectivity index (χ1v) is 3.98. The minimum absolute atomic E-state index is 0.111. The molecule has 0 fully saturated rings. The summed E-state index contributed by atoms with van der Waals surface area (Å²) in [6.07, 6.45) is -1.34. The van der Waals surface area contributed by atoms with Crippen LogP contribution in [0.1, 0.15) is 11.1 Å². The standard InChI is InChI=1S/C5H8N5O2S/c1-10-4(7-8-9-10)3(13)2-6-5(11)12/h3,6,13H,2H2,1H3. The first kappa shape index (κ1) is 9.78. The van der Waals surface area contributed by atoms with E-state index >= 15 is 0 Å². The fourth-order valence-corrected chi connectivity index (χ4v) is 1.10. The Labute approximate surface area is 79.5 Å². The van der Waals surface area contributed by atoms with Gasteiger partial charge in [0.05, 0.1) is 5.25 Å². The topological polar surface area (TPSA) is 92.6 Å². The molecule has 71 valence electrons. The van der Waals surface area contributed by atoms with Gasteiger partial charge in [0.2, 0.25) is 0 Å². The number of aryl methyl sites for hydroxylation is 1. The van der Waals surface area contributed by atoms with Crippen molar-refractivity contribution in [1.82, 2.24) is 25.5 Å². The van der Waals surface area contributed by atoms with E-state index in [1.165, 1.54) is 4.68 Å². The van der Waals surface area contributed by atoms with Crippen LogP contribution in [0, 0.1) is 0 Å². The molecule has 0 aliphatic carbocycles. The van der Waals surface area contributed by atoms with Crippen molar-refractivity contribution in [3.8, 4) is 0 Å². The van der Waals surface area contributed by atoms with Gasteiger partial charge >= 0.3 is 6.09 Å². The van der Waals surface area contributed by atoms with Gasteiger partial charge in [-0.25, -0.2) is 14.6 Å². The number of carbonyl (C=O) groups is 1. The largest absolute Gasteiger partial charge is 0.450 e. The average molecular weight is 202 g/mol. The molecule has 0 saturated heterocycles. The molecule has 7 nitrogen and oxygen atoms in total. The minimum Gasteiger partial charge on any atom is -0.317 e. The molecular formula is C5H8N5O2S.